The molecule has 1 aromatic carbocycles. The number of carbonyl (C=O) groups is 1. The van der Waals surface area contributed by atoms with Gasteiger partial charge in [0.05, 0.1) is 0 Å². The van der Waals surface area contributed by atoms with Crippen molar-refractivity contribution < 1.29 is 22.7 Å². The van der Waals surface area contributed by atoms with Crippen molar-refractivity contribution >= 4 is 28.6 Å². The molecule has 0 saturated carbocycles. The maximum Gasteiger partial charge on any atom is 0.322 e. The topological polar surface area (TPSA) is 95.5 Å². The first-order valence-corrected chi connectivity index (χ1v) is 9.25. The average molecular weight is 362 g/mol. The van der Waals surface area contributed by atoms with Crippen LogP contribution in [0.15, 0.2) is 29.2 Å². The Balaban J connectivity index is 2.36. The van der Waals surface area contributed by atoms with Gasteiger partial charge in [-0.05, 0) is 43.8 Å². The van der Waals surface area contributed by atoms with E-state index in [1.54, 1.807) is 0 Å². The Bertz CT molecular complexity index is 675. The standard InChI is InChI=1S/C14H19FN2O4S2/c15-10-3-1-2-4-11(10)23(20,21)17-12(13(18)19)14(9-22)5-7-16-8-6-14/h1-4,12,16-17,22H,5-9H2,(H,18,19)/t12-/m1/s1. The maximum atomic E-state index is 13.8. The number of sulfonamides is 1. The van der Waals surface area contributed by atoms with Gasteiger partial charge in [0.1, 0.15) is 16.8 Å². The Morgan fingerprint density at radius 2 is 2.00 bits per heavy atom. The van der Waals surface area contributed by atoms with E-state index in [1.165, 1.54) is 12.1 Å². The van der Waals surface area contributed by atoms with Crippen LogP contribution in [0.2, 0.25) is 0 Å². The van der Waals surface area contributed by atoms with Crippen LogP contribution in [-0.2, 0) is 14.8 Å². The Kier molecular flexibility index (Phi) is 5.66. The molecule has 128 valence electrons. The Morgan fingerprint density at radius 1 is 1.39 bits per heavy atom. The second-order valence-corrected chi connectivity index (χ2v) is 7.59. The number of piperidine rings is 1. The molecule has 0 bridgehead atoms. The quantitative estimate of drug-likeness (QED) is 0.563. The molecule has 2 rings (SSSR count). The van der Waals surface area contributed by atoms with E-state index in [2.05, 4.69) is 22.7 Å². The summed E-state index contributed by atoms with van der Waals surface area (Å²) in [6, 6.07) is 3.50. The summed E-state index contributed by atoms with van der Waals surface area (Å²) in [5.41, 5.74) is -0.821. The van der Waals surface area contributed by atoms with E-state index < -0.39 is 38.2 Å². The van der Waals surface area contributed by atoms with Gasteiger partial charge in [-0.1, -0.05) is 12.1 Å². The minimum absolute atomic E-state index is 0.214. The fourth-order valence-corrected chi connectivity index (χ4v) is 4.65. The fourth-order valence-electron chi connectivity index (χ4n) is 2.78. The number of benzene rings is 1. The van der Waals surface area contributed by atoms with Crippen LogP contribution in [0, 0.1) is 11.2 Å². The fraction of sp³-hybridized carbons (Fsp3) is 0.500. The van der Waals surface area contributed by atoms with E-state index >= 15 is 0 Å². The molecule has 1 aliphatic heterocycles. The zero-order valence-corrected chi connectivity index (χ0v) is 14.0. The van der Waals surface area contributed by atoms with Crippen LogP contribution >= 0.6 is 12.6 Å². The van der Waals surface area contributed by atoms with Crippen molar-refractivity contribution in [3.05, 3.63) is 30.1 Å². The normalized spacial score (nSPS) is 19.2. The number of halogens is 1. The number of thiol groups is 1. The second kappa shape index (κ2) is 7.16. The lowest BCUT2D eigenvalue weighted by molar-refractivity contribution is -0.142. The van der Waals surface area contributed by atoms with Gasteiger partial charge >= 0.3 is 5.97 Å². The molecule has 0 aromatic heterocycles. The highest BCUT2D eigenvalue weighted by Crippen LogP contribution is 2.35. The zero-order valence-electron chi connectivity index (χ0n) is 12.3. The average Bonchev–Trinajstić information content (AvgIpc) is 2.53. The molecule has 1 aliphatic rings. The van der Waals surface area contributed by atoms with Gasteiger partial charge in [-0.2, -0.15) is 17.4 Å². The molecule has 1 atom stereocenters. The third-order valence-corrected chi connectivity index (χ3v) is 6.26. The highest BCUT2D eigenvalue weighted by atomic mass is 32.2. The van der Waals surface area contributed by atoms with Gasteiger partial charge in [-0.15, -0.1) is 0 Å². The molecule has 1 aromatic rings. The number of hydrogen-bond acceptors (Lipinski definition) is 5. The molecule has 0 spiro atoms. The second-order valence-electron chi connectivity index (χ2n) is 5.59. The first-order valence-electron chi connectivity index (χ1n) is 7.14. The van der Waals surface area contributed by atoms with E-state index in [-0.39, 0.29) is 5.75 Å². The van der Waals surface area contributed by atoms with Crippen molar-refractivity contribution in [1.29, 1.82) is 0 Å². The molecular weight excluding hydrogens is 343 g/mol. The summed E-state index contributed by atoms with van der Waals surface area (Å²) in [5, 5.41) is 12.6. The van der Waals surface area contributed by atoms with Crippen molar-refractivity contribution in [3.63, 3.8) is 0 Å². The summed E-state index contributed by atoms with van der Waals surface area (Å²) in [5.74, 6) is -2.00. The highest BCUT2D eigenvalue weighted by molar-refractivity contribution is 7.89. The van der Waals surface area contributed by atoms with Gasteiger partial charge in [-0.25, -0.2) is 12.8 Å². The molecule has 9 heteroatoms. The molecule has 6 nitrogen and oxygen atoms in total. The Hall–Kier alpha value is -1.16. The third-order valence-electron chi connectivity index (χ3n) is 4.17. The van der Waals surface area contributed by atoms with Crippen LogP contribution in [0.4, 0.5) is 4.39 Å². The third kappa shape index (κ3) is 3.85. The minimum atomic E-state index is -4.29. The molecular formula is C14H19FN2O4S2. The summed E-state index contributed by atoms with van der Waals surface area (Å²) in [6.07, 6.45) is 0.931. The molecule has 1 fully saturated rings. The smallest absolute Gasteiger partial charge is 0.322 e. The molecule has 1 saturated heterocycles. The van der Waals surface area contributed by atoms with Crippen LogP contribution in [0.1, 0.15) is 12.8 Å². The lowest BCUT2D eigenvalue weighted by Gasteiger charge is -2.40. The number of carboxylic acid groups (broad SMARTS) is 1. The van der Waals surface area contributed by atoms with E-state index in [1.807, 2.05) is 0 Å². The number of hydrogen-bond donors (Lipinski definition) is 4. The van der Waals surface area contributed by atoms with Gasteiger partial charge in [-0.3, -0.25) is 4.79 Å². The first kappa shape index (κ1) is 18.2. The van der Waals surface area contributed by atoms with E-state index in [0.29, 0.717) is 25.9 Å². The lowest BCUT2D eigenvalue weighted by Crippen LogP contribution is -2.57. The van der Waals surface area contributed by atoms with Crippen LogP contribution < -0.4 is 10.0 Å². The molecule has 23 heavy (non-hydrogen) atoms. The van der Waals surface area contributed by atoms with Crippen molar-refractivity contribution in [2.75, 3.05) is 18.8 Å². The van der Waals surface area contributed by atoms with Gasteiger partial charge in [0, 0.05) is 5.41 Å². The molecule has 0 unspecified atom stereocenters. The predicted octanol–water partition coefficient (Wildman–Crippen LogP) is 0.857. The molecule has 0 aliphatic carbocycles. The zero-order chi connectivity index (χ0) is 17.1. The lowest BCUT2D eigenvalue weighted by atomic mass is 9.74. The monoisotopic (exact) mass is 362 g/mol. The summed E-state index contributed by atoms with van der Waals surface area (Å²) in [7, 11) is -4.29. The van der Waals surface area contributed by atoms with Crippen LogP contribution in [0.5, 0.6) is 0 Å². The molecule has 3 N–H and O–H groups in total. The Morgan fingerprint density at radius 3 is 2.52 bits per heavy atom. The van der Waals surface area contributed by atoms with Gasteiger partial charge < -0.3 is 10.4 Å². The van der Waals surface area contributed by atoms with Gasteiger partial charge in [0.25, 0.3) is 0 Å². The maximum absolute atomic E-state index is 13.8. The SMILES string of the molecule is O=C(O)[C@@H](NS(=O)(=O)c1ccccc1F)C1(CS)CCNCC1. The van der Waals surface area contributed by atoms with Crippen LogP contribution in [-0.4, -0.2) is 44.4 Å². The number of rotatable bonds is 6. The van der Waals surface area contributed by atoms with Crippen molar-refractivity contribution in [3.8, 4) is 0 Å². The highest BCUT2D eigenvalue weighted by Gasteiger charge is 2.45. The summed E-state index contributed by atoms with van der Waals surface area (Å²) < 4.78 is 40.8. The molecule has 0 amide bonds. The molecule has 1 heterocycles. The number of nitrogens with one attached hydrogen (secondary N) is 2. The molecule has 0 radical (unpaired) electrons. The largest absolute Gasteiger partial charge is 0.480 e. The summed E-state index contributed by atoms with van der Waals surface area (Å²) in [4.78, 5) is 11.1. The predicted molar refractivity (Wildman–Crippen MR) is 86.5 cm³/mol. The van der Waals surface area contributed by atoms with Crippen molar-refractivity contribution in [2.24, 2.45) is 5.41 Å². The number of carboxylic acids is 1. The van der Waals surface area contributed by atoms with E-state index in [0.717, 1.165) is 12.1 Å². The van der Waals surface area contributed by atoms with Crippen LogP contribution in [0.25, 0.3) is 0 Å². The van der Waals surface area contributed by atoms with Crippen LogP contribution in [0.3, 0.4) is 0 Å². The number of aliphatic carboxylic acids is 1. The van der Waals surface area contributed by atoms with Gasteiger partial charge in [0.15, 0.2) is 0 Å². The first-order chi connectivity index (χ1) is 10.8. The summed E-state index contributed by atoms with van der Waals surface area (Å²) >= 11 is 4.24. The Labute approximate surface area is 139 Å². The van der Waals surface area contributed by atoms with Crippen molar-refractivity contribution in [2.45, 2.75) is 23.8 Å². The van der Waals surface area contributed by atoms with Crippen molar-refractivity contribution in [1.82, 2.24) is 10.0 Å². The van der Waals surface area contributed by atoms with Gasteiger partial charge in [0.2, 0.25) is 10.0 Å². The summed E-state index contributed by atoms with van der Waals surface area (Å²) in [6.45, 7) is 1.15. The minimum Gasteiger partial charge on any atom is -0.480 e. The van der Waals surface area contributed by atoms with E-state index in [9.17, 15) is 22.7 Å². The van der Waals surface area contributed by atoms with E-state index in [4.69, 9.17) is 0 Å².